The Morgan fingerprint density at radius 2 is 1.75 bits per heavy atom. The van der Waals surface area contributed by atoms with E-state index in [0.29, 0.717) is 5.92 Å². The molecule has 1 aromatic carbocycles. The van der Waals surface area contributed by atoms with Gasteiger partial charge in [-0.05, 0) is 38.2 Å². The van der Waals surface area contributed by atoms with E-state index >= 15 is 0 Å². The predicted molar refractivity (Wildman–Crippen MR) is 66.2 cm³/mol. The molecule has 0 saturated heterocycles. The van der Waals surface area contributed by atoms with E-state index in [-0.39, 0.29) is 12.1 Å². The number of hydrogen-bond donors (Lipinski definition) is 2. The van der Waals surface area contributed by atoms with Gasteiger partial charge in [0.2, 0.25) is 0 Å². The van der Waals surface area contributed by atoms with E-state index in [1.807, 2.05) is 0 Å². The van der Waals surface area contributed by atoms with Crippen LogP contribution >= 0.6 is 0 Å². The molecule has 16 heavy (non-hydrogen) atoms. The first-order valence-electron chi connectivity index (χ1n) is 6.10. The summed E-state index contributed by atoms with van der Waals surface area (Å²) in [6, 6.07) is 6.06. The number of aliphatic hydroxyl groups excluding tert-OH is 1. The van der Waals surface area contributed by atoms with Crippen molar-refractivity contribution in [3.8, 4) is 0 Å². The molecule has 0 bridgehead atoms. The van der Waals surface area contributed by atoms with Gasteiger partial charge in [-0.3, -0.25) is 0 Å². The Kier molecular flexibility index (Phi) is 3.31. The van der Waals surface area contributed by atoms with Crippen molar-refractivity contribution in [2.24, 2.45) is 11.7 Å². The standard InChI is InChI=1S/C14H21NO/c1-9-6-10(2)8-12(7-9)13(15)14(16)11-4-3-5-11/h6-8,11,13-14,16H,3-5,15H2,1-2H3/t13-,14+/m0/s1. The summed E-state index contributed by atoms with van der Waals surface area (Å²) < 4.78 is 0. The zero-order chi connectivity index (χ0) is 11.7. The number of hydrogen-bond acceptors (Lipinski definition) is 2. The van der Waals surface area contributed by atoms with Gasteiger partial charge in [0.05, 0.1) is 12.1 Å². The van der Waals surface area contributed by atoms with Crippen LogP contribution in [-0.2, 0) is 0 Å². The van der Waals surface area contributed by atoms with E-state index < -0.39 is 0 Å². The molecule has 1 saturated carbocycles. The third-order valence-electron chi connectivity index (χ3n) is 3.63. The molecule has 0 heterocycles. The first-order chi connectivity index (χ1) is 7.58. The van der Waals surface area contributed by atoms with E-state index in [4.69, 9.17) is 5.73 Å². The lowest BCUT2D eigenvalue weighted by Crippen LogP contribution is -2.36. The molecule has 0 spiro atoms. The highest BCUT2D eigenvalue weighted by Crippen LogP contribution is 2.34. The number of aliphatic hydroxyl groups is 1. The number of aryl methyl sites for hydroxylation is 2. The summed E-state index contributed by atoms with van der Waals surface area (Å²) in [4.78, 5) is 0. The van der Waals surface area contributed by atoms with Crippen LogP contribution in [0.15, 0.2) is 18.2 Å². The second-order valence-electron chi connectivity index (χ2n) is 5.13. The molecule has 2 nitrogen and oxygen atoms in total. The molecule has 1 fully saturated rings. The van der Waals surface area contributed by atoms with Gasteiger partial charge in [-0.2, -0.15) is 0 Å². The van der Waals surface area contributed by atoms with Crippen LogP contribution in [-0.4, -0.2) is 11.2 Å². The summed E-state index contributed by atoms with van der Waals surface area (Å²) in [7, 11) is 0. The highest BCUT2D eigenvalue weighted by atomic mass is 16.3. The topological polar surface area (TPSA) is 46.2 Å². The molecule has 1 aliphatic carbocycles. The van der Waals surface area contributed by atoms with Crippen LogP contribution in [0.5, 0.6) is 0 Å². The normalized spacial score (nSPS) is 20.2. The van der Waals surface area contributed by atoms with E-state index in [2.05, 4.69) is 32.0 Å². The van der Waals surface area contributed by atoms with Gasteiger partial charge < -0.3 is 10.8 Å². The third-order valence-corrected chi connectivity index (χ3v) is 3.63. The van der Waals surface area contributed by atoms with Crippen LogP contribution in [0, 0.1) is 19.8 Å². The first kappa shape index (κ1) is 11.6. The van der Waals surface area contributed by atoms with Crippen LogP contribution in [0.3, 0.4) is 0 Å². The molecule has 0 radical (unpaired) electrons. The van der Waals surface area contributed by atoms with Gasteiger partial charge in [0, 0.05) is 0 Å². The summed E-state index contributed by atoms with van der Waals surface area (Å²) in [5.74, 6) is 0.413. The van der Waals surface area contributed by atoms with Crippen LogP contribution in [0.25, 0.3) is 0 Å². The second-order valence-corrected chi connectivity index (χ2v) is 5.13. The third kappa shape index (κ3) is 2.28. The largest absolute Gasteiger partial charge is 0.391 e. The number of rotatable bonds is 3. The van der Waals surface area contributed by atoms with Gasteiger partial charge in [-0.25, -0.2) is 0 Å². The van der Waals surface area contributed by atoms with Crippen LogP contribution in [0.2, 0.25) is 0 Å². The van der Waals surface area contributed by atoms with Gasteiger partial charge in [0.15, 0.2) is 0 Å². The molecule has 0 aromatic heterocycles. The van der Waals surface area contributed by atoms with Crippen LogP contribution in [0.1, 0.15) is 42.0 Å². The molecule has 0 amide bonds. The molecular weight excluding hydrogens is 198 g/mol. The summed E-state index contributed by atoms with van der Waals surface area (Å²) in [5.41, 5.74) is 9.63. The van der Waals surface area contributed by atoms with Crippen molar-refractivity contribution in [3.05, 3.63) is 34.9 Å². The predicted octanol–water partition coefficient (Wildman–Crippen LogP) is 2.46. The molecule has 88 valence electrons. The lowest BCUT2D eigenvalue weighted by atomic mass is 9.77. The summed E-state index contributed by atoms with van der Waals surface area (Å²) in [6.45, 7) is 4.14. The van der Waals surface area contributed by atoms with Crippen molar-refractivity contribution >= 4 is 0 Å². The Bertz CT molecular complexity index is 351. The Hall–Kier alpha value is -0.860. The van der Waals surface area contributed by atoms with Crippen LogP contribution in [0.4, 0.5) is 0 Å². The Labute approximate surface area is 97.5 Å². The quantitative estimate of drug-likeness (QED) is 0.820. The maximum Gasteiger partial charge on any atom is 0.0760 e. The maximum absolute atomic E-state index is 10.1. The fraction of sp³-hybridized carbons (Fsp3) is 0.571. The van der Waals surface area contributed by atoms with Crippen molar-refractivity contribution in [1.29, 1.82) is 0 Å². The van der Waals surface area contributed by atoms with E-state index in [9.17, 15) is 5.11 Å². The van der Waals surface area contributed by atoms with Crippen molar-refractivity contribution in [1.82, 2.24) is 0 Å². The minimum absolute atomic E-state index is 0.233. The van der Waals surface area contributed by atoms with Crippen molar-refractivity contribution < 1.29 is 5.11 Å². The molecule has 2 heteroatoms. The minimum Gasteiger partial charge on any atom is -0.391 e. The SMILES string of the molecule is Cc1cc(C)cc([C@H](N)[C@H](O)C2CCC2)c1. The summed E-state index contributed by atoms with van der Waals surface area (Å²) in [5, 5.41) is 10.1. The zero-order valence-corrected chi connectivity index (χ0v) is 10.1. The first-order valence-corrected chi connectivity index (χ1v) is 6.10. The van der Waals surface area contributed by atoms with Crippen molar-refractivity contribution in [2.45, 2.75) is 45.3 Å². The molecule has 0 aliphatic heterocycles. The maximum atomic E-state index is 10.1. The lowest BCUT2D eigenvalue weighted by Gasteiger charge is -2.34. The highest BCUT2D eigenvalue weighted by Gasteiger charge is 2.30. The fourth-order valence-electron chi connectivity index (χ4n) is 2.47. The smallest absolute Gasteiger partial charge is 0.0760 e. The van der Waals surface area contributed by atoms with E-state index in [1.165, 1.54) is 17.5 Å². The summed E-state index contributed by atoms with van der Waals surface area (Å²) in [6.07, 6.45) is 3.11. The van der Waals surface area contributed by atoms with Gasteiger partial charge in [0.25, 0.3) is 0 Å². The van der Waals surface area contributed by atoms with E-state index in [1.54, 1.807) is 0 Å². The fourth-order valence-corrected chi connectivity index (χ4v) is 2.47. The van der Waals surface area contributed by atoms with Gasteiger partial charge in [-0.15, -0.1) is 0 Å². The molecular formula is C14H21NO. The average Bonchev–Trinajstić information content (AvgIpc) is 2.12. The molecule has 0 unspecified atom stereocenters. The zero-order valence-electron chi connectivity index (χ0n) is 10.1. The molecule has 2 atom stereocenters. The average molecular weight is 219 g/mol. The monoisotopic (exact) mass is 219 g/mol. The molecule has 2 rings (SSSR count). The minimum atomic E-state index is -0.380. The Balaban J connectivity index is 2.15. The van der Waals surface area contributed by atoms with Gasteiger partial charge in [0.1, 0.15) is 0 Å². The van der Waals surface area contributed by atoms with Crippen molar-refractivity contribution in [2.75, 3.05) is 0 Å². The molecule has 1 aromatic rings. The highest BCUT2D eigenvalue weighted by molar-refractivity contribution is 5.31. The lowest BCUT2D eigenvalue weighted by molar-refractivity contribution is 0.0413. The summed E-state index contributed by atoms with van der Waals surface area (Å²) >= 11 is 0. The number of nitrogens with two attached hydrogens (primary N) is 1. The van der Waals surface area contributed by atoms with Gasteiger partial charge >= 0.3 is 0 Å². The molecule has 3 N–H and O–H groups in total. The van der Waals surface area contributed by atoms with Crippen LogP contribution < -0.4 is 5.73 Å². The second kappa shape index (κ2) is 4.56. The number of benzene rings is 1. The van der Waals surface area contributed by atoms with Gasteiger partial charge in [-0.1, -0.05) is 35.7 Å². The molecule has 1 aliphatic rings. The van der Waals surface area contributed by atoms with E-state index in [0.717, 1.165) is 18.4 Å². The Morgan fingerprint density at radius 3 is 2.19 bits per heavy atom. The van der Waals surface area contributed by atoms with Crippen molar-refractivity contribution in [3.63, 3.8) is 0 Å². The Morgan fingerprint density at radius 1 is 1.19 bits per heavy atom.